The molecule has 16 heavy (non-hydrogen) atoms. The van der Waals surface area contributed by atoms with Crippen LogP contribution in [0.15, 0.2) is 24.3 Å². The minimum absolute atomic E-state index is 0.267. The van der Waals surface area contributed by atoms with Crippen molar-refractivity contribution < 1.29 is 4.74 Å². The van der Waals surface area contributed by atoms with Crippen molar-refractivity contribution in [3.05, 3.63) is 29.8 Å². The standard InChI is InChI=1S/C13H16N2O/c1-16-13-5-3-2-4-11(13)12(8-14)15-9-10-6-7-10/h2-5,10,12,15H,6-7,9H2,1H3. The average Bonchev–Trinajstić information content (AvgIpc) is 3.14. The zero-order chi connectivity index (χ0) is 11.4. The van der Waals surface area contributed by atoms with E-state index in [0.717, 1.165) is 23.8 Å². The van der Waals surface area contributed by atoms with E-state index in [1.54, 1.807) is 7.11 Å². The highest BCUT2D eigenvalue weighted by Crippen LogP contribution is 2.30. The third-order valence-electron chi connectivity index (χ3n) is 2.89. The van der Waals surface area contributed by atoms with E-state index in [4.69, 9.17) is 10.00 Å². The predicted octanol–water partition coefficient (Wildman–Crippen LogP) is 2.26. The van der Waals surface area contributed by atoms with E-state index in [-0.39, 0.29) is 6.04 Å². The Morgan fingerprint density at radius 3 is 2.88 bits per heavy atom. The summed E-state index contributed by atoms with van der Waals surface area (Å²) in [5.74, 6) is 1.54. The molecule has 1 fully saturated rings. The zero-order valence-corrected chi connectivity index (χ0v) is 9.44. The highest BCUT2D eigenvalue weighted by atomic mass is 16.5. The molecular weight excluding hydrogens is 200 g/mol. The molecule has 0 aliphatic heterocycles. The van der Waals surface area contributed by atoms with E-state index in [1.807, 2.05) is 24.3 Å². The third kappa shape index (κ3) is 2.53. The molecule has 2 rings (SSSR count). The van der Waals surface area contributed by atoms with E-state index in [9.17, 15) is 0 Å². The minimum atomic E-state index is -0.267. The summed E-state index contributed by atoms with van der Waals surface area (Å²) >= 11 is 0. The number of rotatable bonds is 5. The van der Waals surface area contributed by atoms with Gasteiger partial charge in [0.25, 0.3) is 0 Å². The first-order chi connectivity index (χ1) is 7.85. The highest BCUT2D eigenvalue weighted by molar-refractivity contribution is 5.38. The van der Waals surface area contributed by atoms with Crippen LogP contribution in [0.1, 0.15) is 24.4 Å². The maximum Gasteiger partial charge on any atom is 0.124 e. The maximum atomic E-state index is 9.16. The fourth-order valence-corrected chi connectivity index (χ4v) is 1.74. The molecule has 1 unspecified atom stereocenters. The molecule has 1 aliphatic carbocycles. The van der Waals surface area contributed by atoms with Gasteiger partial charge in [-0.05, 0) is 31.4 Å². The Balaban J connectivity index is 2.08. The Kier molecular flexibility index (Phi) is 3.43. The Hall–Kier alpha value is -1.53. The molecule has 0 heterocycles. The molecule has 0 aromatic heterocycles. The van der Waals surface area contributed by atoms with Crippen molar-refractivity contribution in [1.82, 2.24) is 5.32 Å². The lowest BCUT2D eigenvalue weighted by atomic mass is 10.1. The molecule has 1 atom stereocenters. The van der Waals surface area contributed by atoms with Gasteiger partial charge in [-0.2, -0.15) is 5.26 Å². The average molecular weight is 216 g/mol. The van der Waals surface area contributed by atoms with Gasteiger partial charge in [-0.1, -0.05) is 18.2 Å². The van der Waals surface area contributed by atoms with Crippen molar-refractivity contribution in [2.75, 3.05) is 13.7 Å². The summed E-state index contributed by atoms with van der Waals surface area (Å²) in [6.45, 7) is 0.927. The SMILES string of the molecule is COc1ccccc1C(C#N)NCC1CC1. The first-order valence-corrected chi connectivity index (χ1v) is 5.61. The van der Waals surface area contributed by atoms with E-state index in [0.29, 0.717) is 0 Å². The van der Waals surface area contributed by atoms with Crippen LogP contribution in [0.4, 0.5) is 0 Å². The van der Waals surface area contributed by atoms with Crippen molar-refractivity contribution in [3.63, 3.8) is 0 Å². The highest BCUT2D eigenvalue weighted by Gasteiger charge is 2.23. The van der Waals surface area contributed by atoms with Crippen LogP contribution in [0, 0.1) is 17.2 Å². The van der Waals surface area contributed by atoms with Crippen LogP contribution in [-0.4, -0.2) is 13.7 Å². The predicted molar refractivity (Wildman–Crippen MR) is 62.1 cm³/mol. The van der Waals surface area contributed by atoms with Crippen molar-refractivity contribution in [1.29, 1.82) is 5.26 Å². The Bertz CT molecular complexity index is 393. The summed E-state index contributed by atoms with van der Waals surface area (Å²) in [4.78, 5) is 0. The number of benzene rings is 1. The lowest BCUT2D eigenvalue weighted by molar-refractivity contribution is 0.404. The van der Waals surface area contributed by atoms with Crippen molar-refractivity contribution in [2.24, 2.45) is 5.92 Å². The fourth-order valence-electron chi connectivity index (χ4n) is 1.74. The maximum absolute atomic E-state index is 9.16. The minimum Gasteiger partial charge on any atom is -0.496 e. The fraction of sp³-hybridized carbons (Fsp3) is 0.462. The Morgan fingerprint density at radius 2 is 2.25 bits per heavy atom. The van der Waals surface area contributed by atoms with Gasteiger partial charge in [-0.25, -0.2) is 0 Å². The number of ether oxygens (including phenoxy) is 1. The molecule has 1 aromatic rings. The van der Waals surface area contributed by atoms with Crippen LogP contribution in [-0.2, 0) is 0 Å². The van der Waals surface area contributed by atoms with Gasteiger partial charge < -0.3 is 4.74 Å². The summed E-state index contributed by atoms with van der Waals surface area (Å²) in [6.07, 6.45) is 2.58. The molecule has 0 radical (unpaired) electrons. The smallest absolute Gasteiger partial charge is 0.124 e. The second-order valence-electron chi connectivity index (χ2n) is 4.16. The normalized spacial score (nSPS) is 16.5. The molecule has 0 amide bonds. The molecule has 0 spiro atoms. The van der Waals surface area contributed by atoms with Crippen molar-refractivity contribution in [3.8, 4) is 11.8 Å². The van der Waals surface area contributed by atoms with Crippen LogP contribution in [0.25, 0.3) is 0 Å². The molecule has 3 nitrogen and oxygen atoms in total. The molecule has 1 N–H and O–H groups in total. The summed E-state index contributed by atoms with van der Waals surface area (Å²) in [7, 11) is 1.63. The number of hydrogen-bond donors (Lipinski definition) is 1. The van der Waals surface area contributed by atoms with Gasteiger partial charge in [0.2, 0.25) is 0 Å². The number of nitrogens with one attached hydrogen (secondary N) is 1. The van der Waals surface area contributed by atoms with E-state index < -0.39 is 0 Å². The number of methoxy groups -OCH3 is 1. The second kappa shape index (κ2) is 5.00. The van der Waals surface area contributed by atoms with Gasteiger partial charge in [-0.3, -0.25) is 5.32 Å². The van der Waals surface area contributed by atoms with Crippen LogP contribution < -0.4 is 10.1 Å². The van der Waals surface area contributed by atoms with Gasteiger partial charge in [-0.15, -0.1) is 0 Å². The molecule has 0 saturated heterocycles. The third-order valence-corrected chi connectivity index (χ3v) is 2.89. The van der Waals surface area contributed by atoms with Crippen molar-refractivity contribution in [2.45, 2.75) is 18.9 Å². The quantitative estimate of drug-likeness (QED) is 0.821. The van der Waals surface area contributed by atoms with Crippen LogP contribution in [0.2, 0.25) is 0 Å². The number of hydrogen-bond acceptors (Lipinski definition) is 3. The summed E-state index contributed by atoms with van der Waals surface area (Å²) in [5, 5.41) is 12.4. The van der Waals surface area contributed by atoms with Crippen molar-refractivity contribution >= 4 is 0 Å². The molecular formula is C13H16N2O. The molecule has 1 saturated carbocycles. The van der Waals surface area contributed by atoms with Gasteiger partial charge in [0.05, 0.1) is 13.2 Å². The largest absolute Gasteiger partial charge is 0.496 e. The lowest BCUT2D eigenvalue weighted by Crippen LogP contribution is -2.22. The topological polar surface area (TPSA) is 45.0 Å². The number of para-hydroxylation sites is 1. The first-order valence-electron chi connectivity index (χ1n) is 5.61. The number of nitriles is 1. The molecule has 1 aliphatic rings. The second-order valence-corrected chi connectivity index (χ2v) is 4.16. The molecule has 1 aromatic carbocycles. The molecule has 3 heteroatoms. The monoisotopic (exact) mass is 216 g/mol. The lowest BCUT2D eigenvalue weighted by Gasteiger charge is -2.14. The van der Waals surface area contributed by atoms with E-state index in [2.05, 4.69) is 11.4 Å². The zero-order valence-electron chi connectivity index (χ0n) is 9.44. The van der Waals surface area contributed by atoms with Crippen LogP contribution in [0.5, 0.6) is 5.75 Å². The number of nitrogens with zero attached hydrogens (tertiary/aromatic N) is 1. The molecule has 84 valence electrons. The van der Waals surface area contributed by atoms with Gasteiger partial charge in [0.1, 0.15) is 11.8 Å². The first kappa shape index (κ1) is 11.0. The Labute approximate surface area is 96.0 Å². The van der Waals surface area contributed by atoms with Crippen LogP contribution in [0.3, 0.4) is 0 Å². The summed E-state index contributed by atoms with van der Waals surface area (Å²) in [5.41, 5.74) is 0.924. The van der Waals surface area contributed by atoms with Gasteiger partial charge >= 0.3 is 0 Å². The Morgan fingerprint density at radius 1 is 1.50 bits per heavy atom. The summed E-state index contributed by atoms with van der Waals surface area (Å²) < 4.78 is 5.26. The van der Waals surface area contributed by atoms with E-state index in [1.165, 1.54) is 12.8 Å². The van der Waals surface area contributed by atoms with Gasteiger partial charge in [0, 0.05) is 5.56 Å². The van der Waals surface area contributed by atoms with Crippen LogP contribution >= 0.6 is 0 Å². The summed E-state index contributed by atoms with van der Waals surface area (Å²) in [6, 6.07) is 9.69. The van der Waals surface area contributed by atoms with E-state index >= 15 is 0 Å². The van der Waals surface area contributed by atoms with Gasteiger partial charge in [0.15, 0.2) is 0 Å². The molecule has 0 bridgehead atoms.